The molecule has 0 amide bonds. The lowest BCUT2D eigenvalue weighted by Gasteiger charge is -2.31. The van der Waals surface area contributed by atoms with Crippen LogP contribution in [0.5, 0.6) is 0 Å². The SMILES string of the molecule is CCCN(C)c1nc(-c2ccccc2)nc2c1CN(S(=O)(=O)c1ccc(Cl)c([N+](=O)[O-])c1)CC2. The van der Waals surface area contributed by atoms with E-state index in [2.05, 4.69) is 6.92 Å². The van der Waals surface area contributed by atoms with Gasteiger partial charge in [-0.25, -0.2) is 18.4 Å². The summed E-state index contributed by atoms with van der Waals surface area (Å²) >= 11 is 5.87. The van der Waals surface area contributed by atoms with Crippen LogP contribution in [0.2, 0.25) is 5.02 Å². The maximum atomic E-state index is 13.4. The Morgan fingerprint density at radius 2 is 1.91 bits per heavy atom. The highest BCUT2D eigenvalue weighted by Crippen LogP contribution is 2.33. The summed E-state index contributed by atoms with van der Waals surface area (Å²) in [5.74, 6) is 1.29. The van der Waals surface area contributed by atoms with Crippen LogP contribution in [0.15, 0.2) is 53.4 Å². The summed E-state index contributed by atoms with van der Waals surface area (Å²) < 4.78 is 28.1. The van der Waals surface area contributed by atoms with Gasteiger partial charge in [0.1, 0.15) is 10.8 Å². The molecule has 34 heavy (non-hydrogen) atoms. The molecule has 0 N–H and O–H groups in total. The molecular formula is C23H24ClN5O4S. The third-order valence-corrected chi connectivity index (χ3v) is 7.87. The summed E-state index contributed by atoms with van der Waals surface area (Å²) in [6, 6.07) is 13.2. The van der Waals surface area contributed by atoms with Crippen molar-refractivity contribution < 1.29 is 13.3 Å². The van der Waals surface area contributed by atoms with E-state index >= 15 is 0 Å². The highest BCUT2D eigenvalue weighted by atomic mass is 35.5. The highest BCUT2D eigenvalue weighted by Gasteiger charge is 2.33. The standard InChI is InChI=1S/C23H24ClN5O4S/c1-3-12-27(2)23-18-15-28(34(32,33)17-9-10-19(24)21(14-17)29(30)31)13-11-20(18)25-22(26-23)16-7-5-4-6-8-16/h4-10,14H,3,11-13,15H2,1-2H3. The molecule has 0 radical (unpaired) electrons. The second-order valence-electron chi connectivity index (χ2n) is 8.04. The topological polar surface area (TPSA) is 110 Å². The fourth-order valence-electron chi connectivity index (χ4n) is 3.99. The minimum Gasteiger partial charge on any atom is -0.359 e. The largest absolute Gasteiger partial charge is 0.359 e. The molecule has 0 aliphatic carbocycles. The fourth-order valence-corrected chi connectivity index (χ4v) is 5.61. The number of anilines is 1. The van der Waals surface area contributed by atoms with Crippen LogP contribution < -0.4 is 4.90 Å². The Morgan fingerprint density at radius 3 is 2.59 bits per heavy atom. The predicted octanol–water partition coefficient (Wildman–Crippen LogP) is 4.30. The molecule has 0 spiro atoms. The summed E-state index contributed by atoms with van der Waals surface area (Å²) in [6.07, 6.45) is 1.30. The zero-order chi connectivity index (χ0) is 24.5. The van der Waals surface area contributed by atoms with Gasteiger partial charge in [0.05, 0.1) is 15.5 Å². The molecule has 4 rings (SSSR count). The normalized spacial score (nSPS) is 14.0. The van der Waals surface area contributed by atoms with Gasteiger partial charge in [0.2, 0.25) is 10.0 Å². The highest BCUT2D eigenvalue weighted by molar-refractivity contribution is 7.89. The van der Waals surface area contributed by atoms with Crippen LogP contribution in [0, 0.1) is 10.1 Å². The lowest BCUT2D eigenvalue weighted by atomic mass is 10.1. The number of hydrogen-bond donors (Lipinski definition) is 0. The van der Waals surface area contributed by atoms with E-state index in [1.807, 2.05) is 42.3 Å². The Morgan fingerprint density at radius 1 is 1.18 bits per heavy atom. The van der Waals surface area contributed by atoms with Gasteiger partial charge in [0.15, 0.2) is 5.82 Å². The predicted molar refractivity (Wildman–Crippen MR) is 130 cm³/mol. The van der Waals surface area contributed by atoms with Crippen molar-refractivity contribution in [1.29, 1.82) is 0 Å². The quantitative estimate of drug-likeness (QED) is 0.350. The van der Waals surface area contributed by atoms with Gasteiger partial charge in [-0.05, 0) is 18.6 Å². The summed E-state index contributed by atoms with van der Waals surface area (Å²) in [6.45, 7) is 3.08. The number of nitrogens with zero attached hydrogens (tertiary/aromatic N) is 5. The van der Waals surface area contributed by atoms with Gasteiger partial charge >= 0.3 is 0 Å². The van der Waals surface area contributed by atoms with Crippen molar-refractivity contribution in [3.63, 3.8) is 0 Å². The van der Waals surface area contributed by atoms with E-state index in [1.54, 1.807) is 0 Å². The van der Waals surface area contributed by atoms with Crippen LogP contribution in [0.4, 0.5) is 11.5 Å². The molecule has 2 aromatic carbocycles. The molecule has 0 fully saturated rings. The number of hydrogen-bond acceptors (Lipinski definition) is 7. The summed E-state index contributed by atoms with van der Waals surface area (Å²) in [5, 5.41) is 11.1. The van der Waals surface area contributed by atoms with E-state index in [0.717, 1.165) is 35.9 Å². The number of halogens is 1. The molecule has 11 heteroatoms. The minimum atomic E-state index is -4.00. The molecule has 1 aromatic heterocycles. The van der Waals surface area contributed by atoms with Gasteiger partial charge in [0.25, 0.3) is 5.69 Å². The molecule has 1 aliphatic rings. The second-order valence-corrected chi connectivity index (χ2v) is 10.4. The van der Waals surface area contributed by atoms with E-state index < -0.39 is 20.6 Å². The van der Waals surface area contributed by atoms with Gasteiger partial charge < -0.3 is 4.90 Å². The summed E-state index contributed by atoms with van der Waals surface area (Å²) in [7, 11) is -2.07. The molecule has 1 aliphatic heterocycles. The molecule has 0 bridgehead atoms. The van der Waals surface area contributed by atoms with Crippen molar-refractivity contribution in [2.24, 2.45) is 0 Å². The van der Waals surface area contributed by atoms with E-state index in [1.165, 1.54) is 16.4 Å². The third kappa shape index (κ3) is 4.61. The van der Waals surface area contributed by atoms with Crippen LogP contribution >= 0.6 is 11.6 Å². The van der Waals surface area contributed by atoms with Crippen molar-refractivity contribution in [2.45, 2.75) is 31.2 Å². The Labute approximate surface area is 203 Å². The third-order valence-electron chi connectivity index (χ3n) is 5.71. The molecule has 2 heterocycles. The van der Waals surface area contributed by atoms with Gasteiger partial charge in [-0.1, -0.05) is 48.9 Å². The molecule has 178 valence electrons. The molecule has 0 saturated carbocycles. The van der Waals surface area contributed by atoms with Crippen molar-refractivity contribution in [2.75, 3.05) is 25.0 Å². The van der Waals surface area contributed by atoms with Gasteiger partial charge in [-0.3, -0.25) is 10.1 Å². The Hall–Kier alpha value is -3.08. The molecular weight excluding hydrogens is 478 g/mol. The van der Waals surface area contributed by atoms with Crippen LogP contribution in [-0.4, -0.2) is 47.8 Å². The van der Waals surface area contributed by atoms with Gasteiger partial charge in [0, 0.05) is 50.3 Å². The average Bonchev–Trinajstić information content (AvgIpc) is 2.83. The van der Waals surface area contributed by atoms with E-state index in [4.69, 9.17) is 21.6 Å². The minimum absolute atomic E-state index is 0.0759. The van der Waals surface area contributed by atoms with Crippen LogP contribution in [0.1, 0.15) is 24.6 Å². The summed E-state index contributed by atoms with van der Waals surface area (Å²) in [5.41, 5.74) is 1.99. The maximum Gasteiger partial charge on any atom is 0.289 e. The lowest BCUT2D eigenvalue weighted by molar-refractivity contribution is -0.384. The number of aromatic nitrogens is 2. The molecule has 3 aromatic rings. The second kappa shape index (κ2) is 9.65. The molecule has 0 atom stereocenters. The monoisotopic (exact) mass is 501 g/mol. The van der Waals surface area contributed by atoms with Crippen molar-refractivity contribution in [3.05, 3.63) is 74.9 Å². The van der Waals surface area contributed by atoms with Crippen LogP contribution in [0.3, 0.4) is 0 Å². The number of nitro benzene ring substituents is 1. The number of fused-ring (bicyclic) bond motifs is 1. The molecule has 0 unspecified atom stereocenters. The zero-order valence-electron chi connectivity index (χ0n) is 18.8. The maximum absolute atomic E-state index is 13.4. The van der Waals surface area contributed by atoms with Crippen molar-refractivity contribution >= 4 is 33.1 Å². The van der Waals surface area contributed by atoms with Gasteiger partial charge in [-0.15, -0.1) is 0 Å². The van der Waals surface area contributed by atoms with E-state index in [9.17, 15) is 18.5 Å². The van der Waals surface area contributed by atoms with E-state index in [0.29, 0.717) is 18.1 Å². The molecule has 0 saturated heterocycles. The smallest absolute Gasteiger partial charge is 0.289 e. The van der Waals surface area contributed by atoms with Crippen LogP contribution in [-0.2, 0) is 23.0 Å². The number of benzene rings is 2. The lowest BCUT2D eigenvalue weighted by Crippen LogP contribution is -2.38. The number of nitro groups is 1. The average molecular weight is 502 g/mol. The first-order valence-electron chi connectivity index (χ1n) is 10.8. The van der Waals surface area contributed by atoms with Crippen molar-refractivity contribution in [3.8, 4) is 11.4 Å². The number of sulfonamides is 1. The molecule has 9 nitrogen and oxygen atoms in total. The first kappa shape index (κ1) is 24.1. The zero-order valence-corrected chi connectivity index (χ0v) is 20.4. The first-order valence-corrected chi connectivity index (χ1v) is 12.6. The Balaban J connectivity index is 1.75. The fraction of sp³-hybridized carbons (Fsp3) is 0.304. The Kier molecular flexibility index (Phi) is 6.83. The van der Waals surface area contributed by atoms with E-state index in [-0.39, 0.29) is 23.0 Å². The first-order chi connectivity index (χ1) is 16.2. The Bertz CT molecular complexity index is 1330. The summed E-state index contributed by atoms with van der Waals surface area (Å²) in [4.78, 5) is 22.0. The van der Waals surface area contributed by atoms with Crippen LogP contribution in [0.25, 0.3) is 11.4 Å². The number of rotatable bonds is 7. The van der Waals surface area contributed by atoms with Gasteiger partial charge in [-0.2, -0.15) is 4.31 Å². The van der Waals surface area contributed by atoms with Crippen molar-refractivity contribution in [1.82, 2.24) is 14.3 Å².